The standard InChI is InChI=1S/C14H18N2O/c1-4-7-15-16-10-11-5-6-13-12(8-11)9-14(2,3)17-13/h4-8,16H,1,9-10H2,2-3H3/b15-7-. The van der Waals surface area contributed by atoms with Crippen LogP contribution < -0.4 is 10.2 Å². The van der Waals surface area contributed by atoms with E-state index in [1.807, 2.05) is 6.07 Å². The first kappa shape index (κ1) is 11.7. The smallest absolute Gasteiger partial charge is 0.123 e. The third-order valence-corrected chi connectivity index (χ3v) is 2.68. The van der Waals surface area contributed by atoms with Crippen molar-refractivity contribution in [1.29, 1.82) is 0 Å². The molecule has 0 radical (unpaired) electrons. The highest BCUT2D eigenvalue weighted by Crippen LogP contribution is 2.35. The second-order valence-corrected chi connectivity index (χ2v) is 4.83. The number of ether oxygens (including phenoxy) is 1. The van der Waals surface area contributed by atoms with E-state index in [1.54, 1.807) is 12.3 Å². The minimum atomic E-state index is -0.0740. The van der Waals surface area contributed by atoms with E-state index in [4.69, 9.17) is 4.74 Å². The number of rotatable bonds is 4. The number of nitrogens with one attached hydrogen (secondary N) is 1. The minimum Gasteiger partial charge on any atom is -0.487 e. The molecule has 1 aromatic rings. The SMILES string of the molecule is C=C/C=N\NCc1ccc2c(c1)CC(C)(C)O2. The molecular weight excluding hydrogens is 212 g/mol. The van der Waals surface area contributed by atoms with Gasteiger partial charge in [-0.2, -0.15) is 5.10 Å². The Labute approximate surface area is 102 Å². The van der Waals surface area contributed by atoms with Gasteiger partial charge in [0.2, 0.25) is 0 Å². The van der Waals surface area contributed by atoms with Crippen molar-refractivity contribution in [3.63, 3.8) is 0 Å². The summed E-state index contributed by atoms with van der Waals surface area (Å²) < 4.78 is 5.83. The van der Waals surface area contributed by atoms with Crippen molar-refractivity contribution in [2.75, 3.05) is 0 Å². The molecular formula is C14H18N2O. The Morgan fingerprint density at radius 1 is 1.53 bits per heavy atom. The van der Waals surface area contributed by atoms with E-state index >= 15 is 0 Å². The third-order valence-electron chi connectivity index (χ3n) is 2.68. The molecule has 3 nitrogen and oxygen atoms in total. The lowest BCUT2D eigenvalue weighted by atomic mass is 10.0. The van der Waals surface area contributed by atoms with Crippen LogP contribution >= 0.6 is 0 Å². The fourth-order valence-electron chi connectivity index (χ4n) is 2.02. The van der Waals surface area contributed by atoms with Gasteiger partial charge in [-0.1, -0.05) is 18.7 Å². The fourth-order valence-corrected chi connectivity index (χ4v) is 2.02. The van der Waals surface area contributed by atoms with E-state index in [2.05, 4.69) is 43.1 Å². The van der Waals surface area contributed by atoms with Crippen LogP contribution in [0.1, 0.15) is 25.0 Å². The molecule has 0 saturated carbocycles. The van der Waals surface area contributed by atoms with E-state index in [-0.39, 0.29) is 5.60 Å². The molecule has 0 atom stereocenters. The number of nitrogens with zero attached hydrogens (tertiary/aromatic N) is 1. The highest BCUT2D eigenvalue weighted by molar-refractivity contribution is 5.69. The average Bonchev–Trinajstić information content (AvgIpc) is 2.57. The van der Waals surface area contributed by atoms with E-state index in [1.165, 1.54) is 11.1 Å². The Bertz CT molecular complexity index is 450. The lowest BCUT2D eigenvalue weighted by Crippen LogP contribution is -2.24. The molecule has 0 saturated heterocycles. The van der Waals surface area contributed by atoms with Gasteiger partial charge in [0.1, 0.15) is 11.4 Å². The Morgan fingerprint density at radius 2 is 2.35 bits per heavy atom. The van der Waals surface area contributed by atoms with E-state index < -0.39 is 0 Å². The van der Waals surface area contributed by atoms with E-state index in [9.17, 15) is 0 Å². The molecule has 0 unspecified atom stereocenters. The van der Waals surface area contributed by atoms with Crippen LogP contribution in [0, 0.1) is 0 Å². The van der Waals surface area contributed by atoms with E-state index in [0.717, 1.165) is 18.7 Å². The summed E-state index contributed by atoms with van der Waals surface area (Å²) in [6, 6.07) is 6.29. The molecule has 1 aromatic carbocycles. The molecule has 0 bridgehead atoms. The monoisotopic (exact) mass is 230 g/mol. The minimum absolute atomic E-state index is 0.0740. The van der Waals surface area contributed by atoms with Gasteiger partial charge in [-0.15, -0.1) is 0 Å². The molecule has 90 valence electrons. The van der Waals surface area contributed by atoms with Gasteiger partial charge in [0.05, 0.1) is 6.54 Å². The van der Waals surface area contributed by atoms with Crippen molar-refractivity contribution < 1.29 is 4.74 Å². The van der Waals surface area contributed by atoms with Crippen LogP contribution in [0.25, 0.3) is 0 Å². The van der Waals surface area contributed by atoms with Crippen LogP contribution in [0.15, 0.2) is 36.0 Å². The van der Waals surface area contributed by atoms with Gasteiger partial charge in [0, 0.05) is 12.6 Å². The lowest BCUT2D eigenvalue weighted by molar-refractivity contribution is 0.138. The first-order chi connectivity index (χ1) is 8.11. The summed E-state index contributed by atoms with van der Waals surface area (Å²) in [5.41, 5.74) is 5.39. The van der Waals surface area contributed by atoms with Gasteiger partial charge in [-0.05, 0) is 37.1 Å². The first-order valence-corrected chi connectivity index (χ1v) is 5.78. The maximum absolute atomic E-state index is 5.83. The zero-order chi connectivity index (χ0) is 12.3. The van der Waals surface area contributed by atoms with Crippen LogP contribution in [0.3, 0.4) is 0 Å². The highest BCUT2D eigenvalue weighted by atomic mass is 16.5. The molecule has 0 spiro atoms. The Morgan fingerprint density at radius 3 is 3.12 bits per heavy atom. The first-order valence-electron chi connectivity index (χ1n) is 5.78. The second kappa shape index (κ2) is 4.62. The number of allylic oxidation sites excluding steroid dienone is 1. The number of hydrogen-bond acceptors (Lipinski definition) is 3. The van der Waals surface area contributed by atoms with Crippen molar-refractivity contribution in [3.8, 4) is 5.75 Å². The fraction of sp³-hybridized carbons (Fsp3) is 0.357. The molecule has 1 heterocycles. The summed E-state index contributed by atoms with van der Waals surface area (Å²) in [6.45, 7) is 8.50. The summed E-state index contributed by atoms with van der Waals surface area (Å²) in [4.78, 5) is 0. The normalized spacial score (nSPS) is 16.6. The van der Waals surface area contributed by atoms with Crippen LogP contribution in [-0.4, -0.2) is 11.8 Å². The van der Waals surface area contributed by atoms with Crippen LogP contribution in [-0.2, 0) is 13.0 Å². The summed E-state index contributed by atoms with van der Waals surface area (Å²) in [6.07, 6.45) is 4.25. The van der Waals surface area contributed by atoms with E-state index in [0.29, 0.717) is 0 Å². The molecule has 1 aliphatic heterocycles. The number of hydrogen-bond donors (Lipinski definition) is 1. The molecule has 0 aliphatic carbocycles. The van der Waals surface area contributed by atoms with Crippen molar-refractivity contribution >= 4 is 6.21 Å². The Balaban J connectivity index is 2.03. The molecule has 0 fully saturated rings. The van der Waals surface area contributed by atoms with Gasteiger partial charge in [-0.3, -0.25) is 0 Å². The maximum Gasteiger partial charge on any atom is 0.123 e. The molecule has 3 heteroatoms. The number of hydrazone groups is 1. The summed E-state index contributed by atoms with van der Waals surface area (Å²) in [5, 5.41) is 3.98. The Kier molecular flexibility index (Phi) is 3.18. The van der Waals surface area contributed by atoms with Crippen LogP contribution in [0.4, 0.5) is 0 Å². The second-order valence-electron chi connectivity index (χ2n) is 4.83. The van der Waals surface area contributed by atoms with Gasteiger partial charge < -0.3 is 10.2 Å². The zero-order valence-corrected chi connectivity index (χ0v) is 10.4. The van der Waals surface area contributed by atoms with Crippen molar-refractivity contribution in [3.05, 3.63) is 42.0 Å². The quantitative estimate of drug-likeness (QED) is 0.637. The summed E-state index contributed by atoms with van der Waals surface area (Å²) in [7, 11) is 0. The largest absolute Gasteiger partial charge is 0.487 e. The van der Waals surface area contributed by atoms with Gasteiger partial charge in [-0.25, -0.2) is 0 Å². The molecule has 2 rings (SSSR count). The van der Waals surface area contributed by atoms with Crippen molar-refractivity contribution in [2.45, 2.75) is 32.4 Å². The molecule has 0 amide bonds. The number of fused-ring (bicyclic) bond motifs is 1. The van der Waals surface area contributed by atoms with Crippen LogP contribution in [0.5, 0.6) is 5.75 Å². The lowest BCUT2D eigenvalue weighted by Gasteiger charge is -2.16. The molecule has 17 heavy (non-hydrogen) atoms. The molecule has 1 N–H and O–H groups in total. The van der Waals surface area contributed by atoms with Crippen molar-refractivity contribution in [2.24, 2.45) is 5.10 Å². The van der Waals surface area contributed by atoms with Gasteiger partial charge in [0.25, 0.3) is 0 Å². The zero-order valence-electron chi connectivity index (χ0n) is 10.4. The van der Waals surface area contributed by atoms with Gasteiger partial charge in [0.15, 0.2) is 0 Å². The predicted octanol–water partition coefficient (Wildman–Crippen LogP) is 2.66. The summed E-state index contributed by atoms with van der Waals surface area (Å²) in [5.74, 6) is 1.01. The highest BCUT2D eigenvalue weighted by Gasteiger charge is 2.29. The topological polar surface area (TPSA) is 33.6 Å². The molecule has 0 aromatic heterocycles. The predicted molar refractivity (Wildman–Crippen MR) is 70.4 cm³/mol. The van der Waals surface area contributed by atoms with Crippen LogP contribution in [0.2, 0.25) is 0 Å². The molecule has 1 aliphatic rings. The third kappa shape index (κ3) is 2.87. The van der Waals surface area contributed by atoms with Crippen molar-refractivity contribution in [1.82, 2.24) is 5.43 Å². The average molecular weight is 230 g/mol. The maximum atomic E-state index is 5.83. The van der Waals surface area contributed by atoms with Gasteiger partial charge >= 0.3 is 0 Å². The number of benzene rings is 1. The Hall–Kier alpha value is -1.77. The summed E-state index contributed by atoms with van der Waals surface area (Å²) >= 11 is 0.